The van der Waals surface area contributed by atoms with Crippen LogP contribution in [0.15, 0.2) is 71.1 Å². The van der Waals surface area contributed by atoms with Crippen molar-refractivity contribution in [3.63, 3.8) is 0 Å². The third-order valence-electron chi connectivity index (χ3n) is 7.40. The second kappa shape index (κ2) is 8.92. The second-order valence-electron chi connectivity index (χ2n) is 8.93. The van der Waals surface area contributed by atoms with Gasteiger partial charge in [0.1, 0.15) is 0 Å². The van der Waals surface area contributed by atoms with Gasteiger partial charge in [-0.3, -0.25) is 13.9 Å². The molecule has 172 valence electrons. The molecule has 2 aliphatic rings. The van der Waals surface area contributed by atoms with Crippen LogP contribution in [0.1, 0.15) is 36.6 Å². The second-order valence-corrected chi connectivity index (χ2v) is 10.5. The van der Waals surface area contributed by atoms with Crippen LogP contribution < -0.4 is 0 Å². The summed E-state index contributed by atoms with van der Waals surface area (Å²) in [6, 6.07) is 18.2. The number of methoxy groups -OCH3 is 1. The molecule has 5 nitrogen and oxygen atoms in total. The molecule has 2 bridgehead atoms. The number of esters is 1. The van der Waals surface area contributed by atoms with Crippen molar-refractivity contribution in [2.24, 2.45) is 13.0 Å². The highest BCUT2D eigenvalue weighted by molar-refractivity contribution is 7.85. The van der Waals surface area contributed by atoms with E-state index in [1.165, 1.54) is 18.4 Å². The molecule has 1 saturated heterocycles. The number of allylic oxidation sites excluding steroid dienone is 1. The van der Waals surface area contributed by atoms with E-state index < -0.39 is 10.8 Å². The number of aromatic nitrogens is 1. The summed E-state index contributed by atoms with van der Waals surface area (Å²) >= 11 is 0. The molecule has 1 aliphatic carbocycles. The Morgan fingerprint density at radius 1 is 1.15 bits per heavy atom. The lowest BCUT2D eigenvalue weighted by Crippen LogP contribution is -2.47. The van der Waals surface area contributed by atoms with Crippen molar-refractivity contribution in [1.82, 2.24) is 9.47 Å². The first-order valence-corrected chi connectivity index (χ1v) is 12.8. The molecule has 0 N–H and O–H groups in total. The first-order valence-electron chi connectivity index (χ1n) is 11.5. The van der Waals surface area contributed by atoms with Crippen molar-refractivity contribution < 1.29 is 13.7 Å². The largest absolute Gasteiger partial charge is 0.469 e. The molecule has 1 aliphatic heterocycles. The molecule has 0 amide bonds. The van der Waals surface area contributed by atoms with Gasteiger partial charge in [-0.2, -0.15) is 0 Å². The quantitative estimate of drug-likeness (QED) is 0.412. The zero-order chi connectivity index (χ0) is 23.1. The van der Waals surface area contributed by atoms with Gasteiger partial charge in [0, 0.05) is 53.3 Å². The lowest BCUT2D eigenvalue weighted by atomic mass is 9.68. The maximum atomic E-state index is 13.1. The van der Waals surface area contributed by atoms with E-state index in [1.54, 1.807) is 0 Å². The Hall–Kier alpha value is -2.70. The van der Waals surface area contributed by atoms with Crippen LogP contribution in [-0.4, -0.2) is 45.6 Å². The minimum absolute atomic E-state index is 0.127. The number of likely N-dealkylation sites (tertiary alicyclic amines) is 1. The van der Waals surface area contributed by atoms with Crippen LogP contribution in [0.3, 0.4) is 0 Å². The molecule has 3 aromatic rings. The highest BCUT2D eigenvalue weighted by Crippen LogP contribution is 2.53. The first kappa shape index (κ1) is 22.1. The van der Waals surface area contributed by atoms with Gasteiger partial charge in [0.25, 0.3) is 0 Å². The fourth-order valence-electron chi connectivity index (χ4n) is 5.85. The highest BCUT2D eigenvalue weighted by atomic mass is 32.2. The Balaban J connectivity index is 1.57. The molecular weight excluding hydrogens is 432 g/mol. The Morgan fingerprint density at radius 3 is 2.61 bits per heavy atom. The Bertz CT molecular complexity index is 1250. The van der Waals surface area contributed by atoms with E-state index in [4.69, 9.17) is 4.74 Å². The molecule has 33 heavy (non-hydrogen) atoms. The van der Waals surface area contributed by atoms with Gasteiger partial charge in [0.05, 0.1) is 29.9 Å². The zero-order valence-corrected chi connectivity index (χ0v) is 20.2. The minimum Gasteiger partial charge on any atom is -0.469 e. The summed E-state index contributed by atoms with van der Waals surface area (Å²) in [5.41, 5.74) is 4.71. The van der Waals surface area contributed by atoms with Crippen LogP contribution in [-0.2, 0) is 27.4 Å². The average Bonchev–Trinajstić information content (AvgIpc) is 3.16. The van der Waals surface area contributed by atoms with Crippen LogP contribution in [0, 0.1) is 5.92 Å². The molecule has 6 heteroatoms. The number of hydrogen-bond acceptors (Lipinski definition) is 4. The topological polar surface area (TPSA) is 51.5 Å². The van der Waals surface area contributed by atoms with Crippen molar-refractivity contribution in [2.75, 3.05) is 26.0 Å². The van der Waals surface area contributed by atoms with Crippen LogP contribution in [0.25, 0.3) is 10.9 Å². The van der Waals surface area contributed by atoms with Gasteiger partial charge in [0.2, 0.25) is 0 Å². The third kappa shape index (κ3) is 3.65. The van der Waals surface area contributed by atoms with Crippen molar-refractivity contribution in [2.45, 2.75) is 30.2 Å². The molecule has 4 atom stereocenters. The van der Waals surface area contributed by atoms with E-state index in [-0.39, 0.29) is 23.8 Å². The van der Waals surface area contributed by atoms with Crippen molar-refractivity contribution in [3.8, 4) is 0 Å². The van der Waals surface area contributed by atoms with Crippen molar-refractivity contribution in [1.29, 1.82) is 0 Å². The number of carbonyl (C=O) groups excluding carboxylic acids is 1. The SMILES string of the molecule is C/C=C1/CN(CC[S@@](=O)c2ccccc2)[C@H]2C[C@@H]1[C@@H](C(=O)OC)c1c2n(C)c2ccccc12. The van der Waals surface area contributed by atoms with Gasteiger partial charge in [-0.15, -0.1) is 0 Å². The summed E-state index contributed by atoms with van der Waals surface area (Å²) in [5, 5.41) is 1.13. The standard InChI is InChI=1S/C27H30N2O3S/c1-4-18-17-29(14-15-33(31)19-10-6-5-7-11-19)23-16-21(18)25(27(30)32-3)24-20-12-8-9-13-22(20)28(2)26(23)24/h4-13,21,23,25H,14-17H2,1-3H3/b18-4-/t21-,23-,25+,33+/m0/s1. The van der Waals surface area contributed by atoms with Crippen LogP contribution in [0.2, 0.25) is 0 Å². The molecule has 1 aromatic heterocycles. The van der Waals surface area contributed by atoms with Gasteiger partial charge in [-0.05, 0) is 37.1 Å². The number of nitrogens with zero attached hydrogens (tertiary/aromatic N) is 2. The number of aryl methyl sites for hydroxylation is 1. The highest BCUT2D eigenvalue weighted by Gasteiger charge is 2.48. The lowest BCUT2D eigenvalue weighted by molar-refractivity contribution is -0.144. The molecular formula is C27H30N2O3S. The maximum absolute atomic E-state index is 13.1. The van der Waals surface area contributed by atoms with Gasteiger partial charge >= 0.3 is 5.97 Å². The van der Waals surface area contributed by atoms with E-state index >= 15 is 0 Å². The van der Waals surface area contributed by atoms with Crippen LogP contribution in [0.4, 0.5) is 0 Å². The van der Waals surface area contributed by atoms with Crippen molar-refractivity contribution in [3.05, 3.63) is 77.5 Å². The Labute approximate surface area is 197 Å². The Kier molecular flexibility index (Phi) is 5.97. The normalized spacial score (nSPS) is 24.6. The molecule has 0 saturated carbocycles. The number of piperidine rings is 1. The number of para-hydroxylation sites is 1. The fraction of sp³-hybridized carbons (Fsp3) is 0.370. The number of benzene rings is 2. The van der Waals surface area contributed by atoms with Crippen LogP contribution in [0.5, 0.6) is 0 Å². The summed E-state index contributed by atoms with van der Waals surface area (Å²) in [5.74, 6) is 0.261. The summed E-state index contributed by atoms with van der Waals surface area (Å²) in [7, 11) is 2.55. The number of hydrogen-bond donors (Lipinski definition) is 0. The summed E-state index contributed by atoms with van der Waals surface area (Å²) < 4.78 is 20.5. The molecule has 1 fully saturated rings. The number of carbonyl (C=O) groups is 1. The van der Waals surface area contributed by atoms with E-state index in [9.17, 15) is 9.00 Å². The maximum Gasteiger partial charge on any atom is 0.313 e. The van der Waals surface area contributed by atoms with Crippen LogP contribution >= 0.6 is 0 Å². The molecule has 2 aromatic carbocycles. The van der Waals surface area contributed by atoms with E-state index in [0.717, 1.165) is 40.9 Å². The van der Waals surface area contributed by atoms with Gasteiger partial charge in [-0.1, -0.05) is 48.0 Å². The molecule has 0 unspecified atom stereocenters. The molecule has 0 radical (unpaired) electrons. The molecule has 0 spiro atoms. The van der Waals surface area contributed by atoms with Gasteiger partial charge < -0.3 is 9.30 Å². The van der Waals surface area contributed by atoms with E-state index in [0.29, 0.717) is 5.75 Å². The summed E-state index contributed by atoms with van der Waals surface area (Å²) in [4.78, 5) is 16.4. The third-order valence-corrected chi connectivity index (χ3v) is 8.75. The zero-order valence-electron chi connectivity index (χ0n) is 19.4. The number of rotatable bonds is 5. The van der Waals surface area contributed by atoms with Gasteiger partial charge in [0.15, 0.2) is 0 Å². The minimum atomic E-state index is -1.04. The summed E-state index contributed by atoms with van der Waals surface area (Å²) in [6.07, 6.45) is 3.03. The summed E-state index contributed by atoms with van der Waals surface area (Å²) in [6.45, 7) is 3.58. The average molecular weight is 463 g/mol. The predicted molar refractivity (Wildman–Crippen MR) is 132 cm³/mol. The monoisotopic (exact) mass is 462 g/mol. The molecule has 5 rings (SSSR count). The fourth-order valence-corrected chi connectivity index (χ4v) is 6.95. The predicted octanol–water partition coefficient (Wildman–Crippen LogP) is 4.57. The van der Waals surface area contributed by atoms with Crippen molar-refractivity contribution >= 4 is 27.7 Å². The van der Waals surface area contributed by atoms with E-state index in [1.807, 2.05) is 42.5 Å². The first-order chi connectivity index (χ1) is 16.0. The number of ether oxygens (including phenoxy) is 1. The van der Waals surface area contributed by atoms with E-state index in [2.05, 4.69) is 41.6 Å². The Morgan fingerprint density at radius 2 is 1.88 bits per heavy atom. The lowest BCUT2D eigenvalue weighted by Gasteiger charge is -2.47. The molecule has 2 heterocycles. The number of fused-ring (bicyclic) bond motifs is 6. The van der Waals surface area contributed by atoms with Gasteiger partial charge in [-0.25, -0.2) is 0 Å². The smallest absolute Gasteiger partial charge is 0.313 e.